The van der Waals surface area contributed by atoms with E-state index in [4.69, 9.17) is 5.73 Å². The Morgan fingerprint density at radius 1 is 1.00 bits per heavy atom. The van der Waals surface area contributed by atoms with Crippen LogP contribution in [0.25, 0.3) is 0 Å². The van der Waals surface area contributed by atoms with E-state index in [0.717, 1.165) is 27.3 Å². The van der Waals surface area contributed by atoms with Gasteiger partial charge in [0.05, 0.1) is 6.54 Å². The monoisotopic (exact) mass is 371 g/mol. The number of nitriles is 5. The highest BCUT2D eigenvalue weighted by molar-refractivity contribution is 8.15. The lowest BCUT2D eigenvalue weighted by atomic mass is 9.93. The lowest BCUT2D eigenvalue weighted by Gasteiger charge is -2.32. The van der Waals surface area contributed by atoms with Gasteiger partial charge in [-0.2, -0.15) is 26.3 Å². The fraction of sp³-hybridized carbons (Fsp3) is 0.176. The van der Waals surface area contributed by atoms with Gasteiger partial charge >= 0.3 is 0 Å². The first-order valence-electron chi connectivity index (χ1n) is 7.46. The molecule has 3 rings (SSSR count). The maximum absolute atomic E-state index is 9.66. The molecule has 0 amide bonds. The van der Waals surface area contributed by atoms with Gasteiger partial charge in [-0.05, 0) is 17.3 Å². The average molecular weight is 371 g/mol. The summed E-state index contributed by atoms with van der Waals surface area (Å²) >= 11 is 0.773. The summed E-state index contributed by atoms with van der Waals surface area (Å²) < 4.78 is 0. The summed E-state index contributed by atoms with van der Waals surface area (Å²) in [5, 5.41) is 50.3. The number of nitrogens with zero attached hydrogens (tertiary/aromatic N) is 8. The Morgan fingerprint density at radius 3 is 2.15 bits per heavy atom. The zero-order valence-corrected chi connectivity index (χ0v) is 14.5. The molecule has 0 atom stereocenters. The Kier molecular flexibility index (Phi) is 4.20. The number of amidine groups is 1. The van der Waals surface area contributed by atoms with Gasteiger partial charge in [-0.1, -0.05) is 30.3 Å². The number of fused-ring (bicyclic) bond motifs is 1. The first-order chi connectivity index (χ1) is 13.0. The molecule has 2 heterocycles. The zero-order valence-electron chi connectivity index (χ0n) is 13.7. The molecule has 2 aliphatic heterocycles. The molecule has 1 fully saturated rings. The highest BCUT2D eigenvalue weighted by Crippen LogP contribution is 2.51. The van der Waals surface area contributed by atoms with E-state index in [2.05, 4.69) is 4.99 Å². The average Bonchev–Trinajstić information content (AvgIpc) is 3.18. The number of rotatable bonds is 2. The molecule has 0 radical (unpaired) electrons. The van der Waals surface area contributed by atoms with Crippen LogP contribution < -0.4 is 5.73 Å². The molecule has 27 heavy (non-hydrogen) atoms. The Balaban J connectivity index is 2.18. The topological polar surface area (TPSA) is 164 Å². The Hall–Kier alpha value is -4.01. The Morgan fingerprint density at radius 2 is 1.63 bits per heavy atom. The number of benzene rings is 1. The van der Waals surface area contributed by atoms with Crippen LogP contribution in [-0.2, 0) is 6.54 Å². The van der Waals surface area contributed by atoms with Crippen molar-refractivity contribution in [3.63, 3.8) is 0 Å². The zero-order chi connectivity index (χ0) is 19.7. The lowest BCUT2D eigenvalue weighted by molar-refractivity contribution is 0.0520. The summed E-state index contributed by atoms with van der Waals surface area (Å²) in [7, 11) is 0. The van der Waals surface area contributed by atoms with Crippen molar-refractivity contribution >= 4 is 16.9 Å². The van der Waals surface area contributed by atoms with E-state index in [1.165, 1.54) is 0 Å². The second kappa shape index (κ2) is 6.37. The second-order valence-corrected chi connectivity index (χ2v) is 6.64. The van der Waals surface area contributed by atoms with Gasteiger partial charge in [0, 0.05) is 0 Å². The minimum Gasteiger partial charge on any atom is -0.383 e. The van der Waals surface area contributed by atoms with Gasteiger partial charge in [-0.15, -0.1) is 5.01 Å². The molecule has 1 aromatic rings. The first kappa shape index (κ1) is 17.8. The van der Waals surface area contributed by atoms with E-state index in [-0.39, 0.29) is 23.1 Å². The summed E-state index contributed by atoms with van der Waals surface area (Å²) in [6, 6.07) is 18.1. The summed E-state index contributed by atoms with van der Waals surface area (Å²) in [6.07, 6.45) is 0. The molecule has 9 nitrogen and oxygen atoms in total. The van der Waals surface area contributed by atoms with Gasteiger partial charge in [-0.3, -0.25) is 4.99 Å². The smallest absolute Gasteiger partial charge is 0.269 e. The SMILES string of the molecule is N#CC1=C(N)N2C(=NCc3ccccc3)SC(C#N)(C#N)N2C1(C#N)C#N. The van der Waals surface area contributed by atoms with Crippen LogP contribution >= 0.6 is 11.8 Å². The highest BCUT2D eigenvalue weighted by Gasteiger charge is 2.68. The molecule has 2 aliphatic rings. The quantitative estimate of drug-likeness (QED) is 0.799. The molecule has 10 heteroatoms. The van der Waals surface area contributed by atoms with Crippen LogP contribution in [0.1, 0.15) is 5.56 Å². The fourth-order valence-corrected chi connectivity index (χ4v) is 3.87. The van der Waals surface area contributed by atoms with Crippen LogP contribution in [0.5, 0.6) is 0 Å². The molecule has 0 aromatic heterocycles. The van der Waals surface area contributed by atoms with E-state index in [9.17, 15) is 26.3 Å². The molecule has 1 aromatic carbocycles. The third-order valence-electron chi connectivity index (χ3n) is 4.06. The van der Waals surface area contributed by atoms with E-state index in [1.807, 2.05) is 42.5 Å². The van der Waals surface area contributed by atoms with E-state index in [0.29, 0.717) is 0 Å². The number of aliphatic imine (C=N–C) groups is 1. The molecular weight excluding hydrogens is 362 g/mol. The van der Waals surface area contributed by atoms with Crippen LogP contribution in [0.2, 0.25) is 0 Å². The third kappa shape index (κ3) is 2.29. The van der Waals surface area contributed by atoms with Crippen LogP contribution in [0, 0.1) is 56.7 Å². The van der Waals surface area contributed by atoms with Gasteiger partial charge < -0.3 is 5.73 Å². The normalized spacial score (nSPS) is 20.9. The van der Waals surface area contributed by atoms with Crippen LogP contribution in [0.3, 0.4) is 0 Å². The fourth-order valence-electron chi connectivity index (χ4n) is 2.82. The summed E-state index contributed by atoms with van der Waals surface area (Å²) in [5.74, 6) is -0.202. The largest absolute Gasteiger partial charge is 0.383 e. The first-order valence-corrected chi connectivity index (χ1v) is 8.28. The number of nitrogens with two attached hydrogens (primary N) is 1. The van der Waals surface area contributed by atoms with E-state index >= 15 is 0 Å². The molecule has 0 aliphatic carbocycles. The van der Waals surface area contributed by atoms with Crippen molar-refractivity contribution in [3.8, 4) is 30.3 Å². The summed E-state index contributed by atoms with van der Waals surface area (Å²) in [4.78, 5) is 2.43. The number of hydrogen-bond acceptors (Lipinski definition) is 9. The predicted octanol–water partition coefficient (Wildman–Crippen LogP) is 1.05. The van der Waals surface area contributed by atoms with Crippen molar-refractivity contribution in [3.05, 3.63) is 47.3 Å². The molecule has 0 unspecified atom stereocenters. The molecule has 0 saturated carbocycles. The van der Waals surface area contributed by atoms with Gasteiger partial charge in [0.2, 0.25) is 0 Å². The highest BCUT2D eigenvalue weighted by atomic mass is 32.2. The number of hydrogen-bond donors (Lipinski definition) is 1. The molecule has 0 bridgehead atoms. The lowest BCUT2D eigenvalue weighted by Crippen LogP contribution is -2.56. The maximum Gasteiger partial charge on any atom is 0.269 e. The van der Waals surface area contributed by atoms with Crippen molar-refractivity contribution in [1.29, 1.82) is 26.3 Å². The van der Waals surface area contributed by atoms with Gasteiger partial charge in [0.1, 0.15) is 41.7 Å². The van der Waals surface area contributed by atoms with Crippen molar-refractivity contribution in [2.75, 3.05) is 0 Å². The molecule has 0 spiro atoms. The van der Waals surface area contributed by atoms with E-state index in [1.54, 1.807) is 18.2 Å². The summed E-state index contributed by atoms with van der Waals surface area (Å²) in [6.45, 7) is 0.224. The maximum atomic E-state index is 9.66. The Labute approximate surface area is 159 Å². The molecular formula is C17H9N9S. The van der Waals surface area contributed by atoms with Crippen molar-refractivity contribution in [2.45, 2.75) is 17.0 Å². The summed E-state index contributed by atoms with van der Waals surface area (Å²) in [5.41, 5.74) is 4.36. The second-order valence-electron chi connectivity index (χ2n) is 5.48. The standard InChI is InChI=1S/C17H9N9S/c18-6-13-14(23)25-15(24-7-12-4-2-1-3-5-12)27-17(10-21,11-22)26(25)16(13,8-19)9-20/h1-5H,7,23H2. The van der Waals surface area contributed by atoms with Gasteiger partial charge in [-0.25, -0.2) is 5.01 Å². The van der Waals surface area contributed by atoms with Crippen LogP contribution in [-0.4, -0.2) is 25.6 Å². The van der Waals surface area contributed by atoms with Gasteiger partial charge in [0.15, 0.2) is 5.17 Å². The number of thioether (sulfide) groups is 1. The van der Waals surface area contributed by atoms with Crippen molar-refractivity contribution in [1.82, 2.24) is 10.0 Å². The van der Waals surface area contributed by atoms with Gasteiger partial charge in [0.25, 0.3) is 10.4 Å². The predicted molar refractivity (Wildman–Crippen MR) is 93.6 cm³/mol. The molecule has 128 valence electrons. The molecule has 2 N–H and O–H groups in total. The van der Waals surface area contributed by atoms with E-state index < -0.39 is 10.4 Å². The third-order valence-corrected chi connectivity index (χ3v) is 5.20. The van der Waals surface area contributed by atoms with Crippen molar-refractivity contribution in [2.24, 2.45) is 10.7 Å². The number of hydrazine groups is 1. The minimum atomic E-state index is -2.19. The van der Waals surface area contributed by atoms with Crippen molar-refractivity contribution < 1.29 is 0 Å². The van der Waals surface area contributed by atoms with Crippen LogP contribution in [0.4, 0.5) is 0 Å². The van der Waals surface area contributed by atoms with Crippen LogP contribution in [0.15, 0.2) is 46.7 Å². The Bertz CT molecular complexity index is 1040. The minimum absolute atomic E-state index is 0.152. The molecule has 1 saturated heterocycles.